The Morgan fingerprint density at radius 3 is 1.86 bits per heavy atom. The van der Waals surface area contributed by atoms with E-state index < -0.39 is 7.72 Å². The number of benzene rings is 2. The summed E-state index contributed by atoms with van der Waals surface area (Å²) < 4.78 is 13.9. The van der Waals surface area contributed by atoms with Crippen molar-refractivity contribution in [2.45, 2.75) is 44.6 Å². The van der Waals surface area contributed by atoms with Crippen LogP contribution >= 0.6 is 0 Å². The van der Waals surface area contributed by atoms with Crippen molar-refractivity contribution >= 4 is 10.8 Å². The van der Waals surface area contributed by atoms with Crippen molar-refractivity contribution in [2.75, 3.05) is 0 Å². The molecule has 4 unspecified atom stereocenters. The van der Waals surface area contributed by atoms with Gasteiger partial charge in [0.2, 0.25) is 0 Å². The molecular formula is C20H16Ru. The minimum absolute atomic E-state index is 0.935. The second kappa shape index (κ2) is 0.745. The van der Waals surface area contributed by atoms with Gasteiger partial charge in [-0.05, 0) is 0 Å². The quantitative estimate of drug-likeness (QED) is 0.580. The first kappa shape index (κ1) is 7.73. The monoisotopic (exact) mass is 358 g/mol. The first-order valence-electron chi connectivity index (χ1n) is 8.83. The summed E-state index contributed by atoms with van der Waals surface area (Å²) in [6.45, 7) is 0. The van der Waals surface area contributed by atoms with Gasteiger partial charge in [-0.1, -0.05) is 0 Å². The van der Waals surface area contributed by atoms with E-state index in [-0.39, 0.29) is 0 Å². The van der Waals surface area contributed by atoms with Gasteiger partial charge in [0, 0.05) is 0 Å². The molecule has 0 aromatic heterocycles. The van der Waals surface area contributed by atoms with Crippen LogP contribution in [0.15, 0.2) is 42.5 Å². The molecule has 10 heterocycles. The van der Waals surface area contributed by atoms with Crippen LogP contribution < -0.4 is 0 Å². The van der Waals surface area contributed by atoms with Gasteiger partial charge in [-0.2, -0.15) is 0 Å². The van der Waals surface area contributed by atoms with Gasteiger partial charge in [-0.3, -0.25) is 0 Å². The van der Waals surface area contributed by atoms with E-state index in [1.807, 2.05) is 5.56 Å². The van der Waals surface area contributed by atoms with Crippen molar-refractivity contribution < 1.29 is 7.72 Å². The Balaban J connectivity index is 1.48. The van der Waals surface area contributed by atoms with Crippen LogP contribution in [-0.4, -0.2) is 0 Å². The molecule has 0 nitrogen and oxygen atoms in total. The molecule has 0 radical (unpaired) electrons. The van der Waals surface area contributed by atoms with Crippen molar-refractivity contribution in [1.29, 1.82) is 0 Å². The Kier molecular flexibility index (Phi) is 0.274. The molecule has 1 spiro atoms. The van der Waals surface area contributed by atoms with Crippen molar-refractivity contribution in [3.63, 3.8) is 0 Å². The Bertz CT molecular complexity index is 1330. The molecule has 21 heavy (non-hydrogen) atoms. The molecule has 10 aliphatic heterocycles. The van der Waals surface area contributed by atoms with E-state index in [1.54, 1.807) is 5.39 Å². The summed E-state index contributed by atoms with van der Waals surface area (Å²) >= 11 is 0. The molecule has 0 bridgehead atoms. The Hall–Kier alpha value is -0.677. The molecular weight excluding hydrogens is 341 g/mol. The van der Waals surface area contributed by atoms with Gasteiger partial charge in [-0.15, -0.1) is 0 Å². The van der Waals surface area contributed by atoms with E-state index in [4.69, 9.17) is 0 Å². The van der Waals surface area contributed by atoms with E-state index in [0.29, 0.717) is 0 Å². The molecule has 4 atom stereocenters. The molecule has 2 aromatic rings. The normalized spacial score (nSPS) is 98.8. The summed E-state index contributed by atoms with van der Waals surface area (Å²) in [5, 5.41) is 3.19. The van der Waals surface area contributed by atoms with Gasteiger partial charge < -0.3 is 0 Å². The molecule has 10 fully saturated rings. The van der Waals surface area contributed by atoms with Gasteiger partial charge in [-0.25, -0.2) is 0 Å². The summed E-state index contributed by atoms with van der Waals surface area (Å²) in [4.78, 5) is 0. The molecule has 2 aromatic carbocycles. The predicted octanol–water partition coefficient (Wildman–Crippen LogP) is 5.64. The molecule has 0 N–H and O–H groups in total. The van der Waals surface area contributed by atoms with Crippen LogP contribution in [0.5, 0.6) is 0 Å². The molecule has 0 aliphatic carbocycles. The number of hydrogen-bond acceptors (Lipinski definition) is 0. The molecule has 10 saturated heterocycles. The van der Waals surface area contributed by atoms with Crippen molar-refractivity contribution in [3.8, 4) is 0 Å². The van der Waals surface area contributed by atoms with E-state index in [1.165, 1.54) is 46.0 Å². The topological polar surface area (TPSA) is 0 Å². The number of fused-ring (bicyclic) bond motifs is 11. The minimum atomic E-state index is -3.26. The zero-order chi connectivity index (χ0) is 12.7. The molecule has 0 amide bonds. The fourth-order valence-electron chi connectivity index (χ4n) is 18.5. The standard InChI is InChI=1S/C15H11.C5H5.Ru/c1-2-7-12(6-1)15-11-5-9-13-8-3-4-10-14(13)15;1-2-4-5-3-1;/h1-11H;1-5H;. The van der Waals surface area contributed by atoms with E-state index >= 15 is 0 Å². The van der Waals surface area contributed by atoms with Gasteiger partial charge in [0.25, 0.3) is 0 Å². The fraction of sp³-hybridized carbons (Fsp3) is 0.500. The van der Waals surface area contributed by atoms with Gasteiger partial charge in [0.1, 0.15) is 0 Å². The zero-order valence-corrected chi connectivity index (χ0v) is 13.3. The van der Waals surface area contributed by atoms with Gasteiger partial charge in [0.05, 0.1) is 0 Å². The number of hydrogen-bond donors (Lipinski definition) is 0. The fourth-order valence-corrected chi connectivity index (χ4v) is 152. The van der Waals surface area contributed by atoms with Gasteiger partial charge in [0.15, 0.2) is 0 Å². The van der Waals surface area contributed by atoms with E-state index in [9.17, 15) is 0 Å². The van der Waals surface area contributed by atoms with Crippen LogP contribution in [0.4, 0.5) is 0 Å². The van der Waals surface area contributed by atoms with Crippen LogP contribution in [-0.2, 0) is 11.7 Å². The summed E-state index contributed by atoms with van der Waals surface area (Å²) in [7, 11) is -3.26. The van der Waals surface area contributed by atoms with Crippen LogP contribution in [0.2, 0.25) is 40.6 Å². The SMILES string of the molecule is c1ccc2c([C]34[CH]5[CH]6[CH]7[CH]3[Ru]6754389%10[CH]4[CH]3[CH]8[CH]9[CH]4%10)cccc2c1. The number of rotatable bonds is 1. The average molecular weight is 357 g/mol. The third-order valence-corrected chi connectivity index (χ3v) is 83.5. The van der Waals surface area contributed by atoms with Crippen molar-refractivity contribution in [2.24, 2.45) is 0 Å². The average Bonchev–Trinajstić information content (AvgIpc) is 3.47. The van der Waals surface area contributed by atoms with E-state index in [0.717, 1.165) is 4.01 Å². The maximum absolute atomic E-state index is 3.26. The third-order valence-electron chi connectivity index (χ3n) is 16.9. The molecule has 10 aliphatic rings. The molecule has 1 heteroatoms. The Morgan fingerprint density at radius 1 is 0.667 bits per heavy atom. The van der Waals surface area contributed by atoms with Crippen molar-refractivity contribution in [3.05, 3.63) is 48.0 Å². The summed E-state index contributed by atoms with van der Waals surface area (Å²) in [6, 6.07) is 16.7. The van der Waals surface area contributed by atoms with Crippen LogP contribution in [0.1, 0.15) is 5.56 Å². The van der Waals surface area contributed by atoms with E-state index in [2.05, 4.69) is 42.5 Å². The molecule has 12 rings (SSSR count). The van der Waals surface area contributed by atoms with Crippen LogP contribution in [0, 0.1) is 0 Å². The predicted molar refractivity (Wildman–Crippen MR) is 79.4 cm³/mol. The van der Waals surface area contributed by atoms with Gasteiger partial charge >= 0.3 is 111 Å². The second-order valence-electron chi connectivity index (χ2n) is 12.2. The van der Waals surface area contributed by atoms with Crippen LogP contribution in [0.25, 0.3) is 10.8 Å². The zero-order valence-electron chi connectivity index (χ0n) is 11.6. The Morgan fingerprint density at radius 2 is 1.29 bits per heavy atom. The molecule has 0 saturated carbocycles. The molecule has 104 valence electrons. The summed E-state index contributed by atoms with van der Waals surface area (Å²) in [6.07, 6.45) is 0. The summed E-state index contributed by atoms with van der Waals surface area (Å²) in [5.74, 6) is 0. The van der Waals surface area contributed by atoms with Crippen LogP contribution in [0.3, 0.4) is 0 Å². The summed E-state index contributed by atoms with van der Waals surface area (Å²) in [5.41, 5.74) is 1.92. The first-order valence-corrected chi connectivity index (χ1v) is 18.7. The Labute approximate surface area is 111 Å². The first-order chi connectivity index (χ1) is 10.1. The third kappa shape index (κ3) is 0.101. The van der Waals surface area contributed by atoms with Crippen molar-refractivity contribution in [1.82, 2.24) is 0 Å². The second-order valence-corrected chi connectivity index (χ2v) is 49.3. The maximum atomic E-state index is 2.61.